The van der Waals surface area contributed by atoms with Gasteiger partial charge < -0.3 is 28.9 Å². The second kappa shape index (κ2) is 12.6. The summed E-state index contributed by atoms with van der Waals surface area (Å²) in [5.74, 6) is 2.59. The lowest BCUT2D eigenvalue weighted by molar-refractivity contribution is 0.400. The van der Waals surface area contributed by atoms with Gasteiger partial charge >= 0.3 is 0 Å². The standard InChI is InChI=1S/C38H34N6O4/c1-21-29-19-41-27-13-9-7-11-25(27)40-18-24-32(46-4)16-34(48-6)36-22(2)30(44-38(24)36)20-42-28-14-10-8-12-26(28)39-17-23-31(45-3)15-33(47-5)35(21)37(23)43-29/h7-20,43-44H,1-6H3. The van der Waals surface area contributed by atoms with Crippen LogP contribution in [-0.4, -0.2) is 58.3 Å². The Labute approximate surface area is 276 Å². The smallest absolute Gasteiger partial charge is 0.133 e. The maximum atomic E-state index is 5.82. The van der Waals surface area contributed by atoms with Gasteiger partial charge in [-0.05, 0) is 49.2 Å². The van der Waals surface area contributed by atoms with Crippen LogP contribution in [0.1, 0.15) is 11.1 Å². The normalized spacial score (nSPS) is 11.1. The van der Waals surface area contributed by atoms with Crippen LogP contribution in [0.3, 0.4) is 0 Å². The summed E-state index contributed by atoms with van der Waals surface area (Å²) in [4.78, 5) is 26.7. The molecule has 10 nitrogen and oxygen atoms in total. The van der Waals surface area contributed by atoms with Gasteiger partial charge in [-0.1, -0.05) is 24.3 Å². The van der Waals surface area contributed by atoms with Crippen LogP contribution in [-0.2, 0) is 0 Å². The van der Waals surface area contributed by atoms with Crippen LogP contribution in [0, 0.1) is 13.8 Å². The van der Waals surface area contributed by atoms with E-state index in [4.69, 9.17) is 38.9 Å². The summed E-state index contributed by atoms with van der Waals surface area (Å²) in [6.07, 6.45) is 7.22. The number of nitrogens with zero attached hydrogens (tertiary/aromatic N) is 4. The van der Waals surface area contributed by atoms with E-state index in [0.29, 0.717) is 45.1 Å². The number of hydrogen-bond acceptors (Lipinski definition) is 8. The topological polar surface area (TPSA) is 120 Å². The van der Waals surface area contributed by atoms with Gasteiger partial charge in [-0.25, -0.2) is 0 Å². The third-order valence-corrected chi connectivity index (χ3v) is 8.64. The zero-order valence-electron chi connectivity index (χ0n) is 27.5. The van der Waals surface area contributed by atoms with Gasteiger partial charge in [0.05, 0.1) is 95.7 Å². The van der Waals surface area contributed by atoms with Crippen molar-refractivity contribution >= 4 is 65.7 Å². The largest absolute Gasteiger partial charge is 0.496 e. The molecule has 2 N–H and O–H groups in total. The zero-order chi connectivity index (χ0) is 33.4. The summed E-state index contributed by atoms with van der Waals surface area (Å²) < 4.78 is 23.3. The van der Waals surface area contributed by atoms with Crippen molar-refractivity contribution < 1.29 is 18.9 Å². The first-order valence-corrected chi connectivity index (χ1v) is 15.3. The average molecular weight is 639 g/mol. The van der Waals surface area contributed by atoms with Gasteiger partial charge in [0.1, 0.15) is 23.0 Å². The maximum Gasteiger partial charge on any atom is 0.133 e. The minimum atomic E-state index is 0.615. The van der Waals surface area contributed by atoms with E-state index in [1.54, 1.807) is 40.8 Å². The Morgan fingerprint density at radius 1 is 0.458 bits per heavy atom. The third kappa shape index (κ3) is 5.17. The summed E-state index contributed by atoms with van der Waals surface area (Å²) in [5, 5.41) is 3.37. The Kier molecular flexibility index (Phi) is 7.98. The van der Waals surface area contributed by atoms with Gasteiger partial charge in [-0.15, -0.1) is 0 Å². The number of H-pyrrole nitrogens is 2. The molecule has 0 atom stereocenters. The van der Waals surface area contributed by atoms with Crippen molar-refractivity contribution in [1.29, 1.82) is 0 Å². The molecule has 0 aliphatic carbocycles. The van der Waals surface area contributed by atoms with Crippen molar-refractivity contribution in [3.63, 3.8) is 0 Å². The Bertz CT molecular complexity index is 2380. The van der Waals surface area contributed by atoms with E-state index < -0.39 is 0 Å². The summed E-state index contributed by atoms with van der Waals surface area (Å²) in [7, 11) is 6.57. The van der Waals surface area contributed by atoms with Crippen molar-refractivity contribution in [3.8, 4) is 23.0 Å². The Morgan fingerprint density at radius 3 is 1.12 bits per heavy atom. The molecule has 3 aromatic heterocycles. The molecule has 0 saturated carbocycles. The highest BCUT2D eigenvalue weighted by Crippen LogP contribution is 2.40. The number of methoxy groups -OCH3 is 4. The number of aryl methyl sites for hydroxylation is 2. The lowest BCUT2D eigenvalue weighted by Gasteiger charge is -2.08. The number of para-hydroxylation sites is 4. The Morgan fingerprint density at radius 2 is 0.792 bits per heavy atom. The highest BCUT2D eigenvalue weighted by atomic mass is 16.5. The fraction of sp³-hybridized carbons (Fsp3) is 0.158. The van der Waals surface area contributed by atoms with Crippen LogP contribution >= 0.6 is 0 Å². The van der Waals surface area contributed by atoms with E-state index >= 15 is 0 Å². The molecule has 0 unspecified atom stereocenters. The number of benzene rings is 4. The van der Waals surface area contributed by atoms with Crippen LogP contribution in [0.15, 0.2) is 85.5 Å². The minimum absolute atomic E-state index is 0.615. The number of nitrogens with one attached hydrogen (secondary N) is 2. The molecular formula is C38H34N6O4. The quantitative estimate of drug-likeness (QED) is 0.198. The Hall–Kier alpha value is -6.16. The molecule has 0 spiro atoms. The molecule has 0 fully saturated rings. The number of aromatic amines is 2. The van der Waals surface area contributed by atoms with Crippen molar-refractivity contribution in [3.05, 3.63) is 96.6 Å². The molecule has 10 heteroatoms. The number of rotatable bonds is 4. The second-order valence-electron chi connectivity index (χ2n) is 11.2. The highest BCUT2D eigenvalue weighted by molar-refractivity contribution is 6.08. The van der Waals surface area contributed by atoms with Crippen molar-refractivity contribution in [1.82, 2.24) is 29.9 Å². The fourth-order valence-electron chi connectivity index (χ4n) is 6.11. The molecule has 0 amide bonds. The first-order valence-electron chi connectivity index (χ1n) is 15.3. The van der Waals surface area contributed by atoms with Gasteiger partial charge in [-0.2, -0.15) is 0 Å². The molecule has 48 heavy (non-hydrogen) atoms. The molecule has 0 saturated heterocycles. The lowest BCUT2D eigenvalue weighted by atomic mass is 10.1. The van der Waals surface area contributed by atoms with Crippen molar-refractivity contribution in [2.75, 3.05) is 28.4 Å². The van der Waals surface area contributed by atoms with Crippen LogP contribution in [0.5, 0.6) is 23.0 Å². The van der Waals surface area contributed by atoms with Crippen LogP contribution in [0.25, 0.3) is 65.7 Å². The molecule has 0 aliphatic rings. The van der Waals surface area contributed by atoms with E-state index in [1.807, 2.05) is 86.9 Å². The van der Waals surface area contributed by atoms with E-state index in [9.17, 15) is 0 Å². The number of hydrogen-bond donors (Lipinski definition) is 2. The highest BCUT2D eigenvalue weighted by Gasteiger charge is 2.17. The van der Waals surface area contributed by atoms with E-state index in [2.05, 4.69) is 9.97 Å². The molecule has 7 rings (SSSR count). The van der Waals surface area contributed by atoms with E-state index in [-0.39, 0.29) is 0 Å². The molecule has 0 aliphatic heterocycles. The molecule has 0 radical (unpaired) electrons. The Balaban J connectivity index is 1.69. The van der Waals surface area contributed by atoms with Gasteiger partial charge in [0.15, 0.2) is 0 Å². The summed E-state index contributed by atoms with van der Waals surface area (Å²) in [5.41, 5.74) is 8.00. The van der Waals surface area contributed by atoms with Crippen LogP contribution in [0.4, 0.5) is 0 Å². The van der Waals surface area contributed by atoms with Crippen LogP contribution in [0.2, 0.25) is 0 Å². The molecule has 4 aromatic carbocycles. The summed E-state index contributed by atoms with van der Waals surface area (Å²) in [6, 6.07) is 19.2. The molecule has 240 valence electrons. The van der Waals surface area contributed by atoms with Crippen molar-refractivity contribution in [2.45, 2.75) is 13.8 Å². The number of fused-ring (bicyclic) bond motifs is 4. The molecular weight excluding hydrogens is 604 g/mol. The van der Waals surface area contributed by atoms with E-state index in [1.165, 1.54) is 0 Å². The van der Waals surface area contributed by atoms with Gasteiger partial charge in [0, 0.05) is 35.3 Å². The van der Waals surface area contributed by atoms with Gasteiger partial charge in [0.2, 0.25) is 0 Å². The summed E-state index contributed by atoms with van der Waals surface area (Å²) in [6.45, 7) is 4.07. The maximum absolute atomic E-state index is 5.82. The third-order valence-electron chi connectivity index (χ3n) is 8.64. The monoisotopic (exact) mass is 638 g/mol. The molecule has 4 bridgehead atoms. The minimum Gasteiger partial charge on any atom is -0.496 e. The predicted octanol–water partition coefficient (Wildman–Crippen LogP) is 8.30. The van der Waals surface area contributed by atoms with Gasteiger partial charge in [0.25, 0.3) is 0 Å². The second-order valence-corrected chi connectivity index (χ2v) is 11.2. The van der Waals surface area contributed by atoms with E-state index in [0.717, 1.165) is 54.7 Å². The average Bonchev–Trinajstić information content (AvgIpc) is 3.63. The first kappa shape index (κ1) is 30.5. The fourth-order valence-corrected chi connectivity index (χ4v) is 6.11. The SMILES string of the molecule is COc1cc(OC)c2c(C)c3cnc4ccccc4ncc4c(OC)cc(OC)c5c(C)c(cnc6ccccc6ncc1c2[nH]3)[nH]c45. The molecule has 7 aromatic rings. The van der Waals surface area contributed by atoms with Crippen molar-refractivity contribution in [2.24, 2.45) is 0 Å². The number of ether oxygens (including phenoxy) is 4. The number of aromatic nitrogens is 6. The first-order chi connectivity index (χ1) is 23.4. The summed E-state index contributed by atoms with van der Waals surface area (Å²) >= 11 is 0. The van der Waals surface area contributed by atoms with Crippen LogP contribution < -0.4 is 18.9 Å². The molecule has 3 heterocycles. The predicted molar refractivity (Wildman–Crippen MR) is 191 cm³/mol. The lowest BCUT2D eigenvalue weighted by Crippen LogP contribution is -1.90. The zero-order valence-corrected chi connectivity index (χ0v) is 27.5. The van der Waals surface area contributed by atoms with Gasteiger partial charge in [-0.3, -0.25) is 19.9 Å².